The third-order valence-electron chi connectivity index (χ3n) is 4.67. The molecule has 29 heavy (non-hydrogen) atoms. The number of amides is 1. The van der Waals surface area contributed by atoms with Gasteiger partial charge in [0.15, 0.2) is 0 Å². The summed E-state index contributed by atoms with van der Waals surface area (Å²) >= 11 is 12.1. The van der Waals surface area contributed by atoms with E-state index >= 15 is 0 Å². The van der Waals surface area contributed by atoms with Crippen LogP contribution in [0.3, 0.4) is 0 Å². The highest BCUT2D eigenvalue weighted by molar-refractivity contribution is 6.42. The Labute approximate surface area is 176 Å². The third kappa shape index (κ3) is 3.82. The minimum Gasteiger partial charge on any atom is -0.317 e. The predicted octanol–water partition coefficient (Wildman–Crippen LogP) is 5.28. The molecule has 4 nitrogen and oxygen atoms in total. The molecule has 0 bridgehead atoms. The van der Waals surface area contributed by atoms with Gasteiger partial charge >= 0.3 is 6.18 Å². The molecule has 0 spiro atoms. The van der Waals surface area contributed by atoms with Crippen molar-refractivity contribution in [2.45, 2.75) is 18.6 Å². The van der Waals surface area contributed by atoms with Gasteiger partial charge in [-0.2, -0.15) is 13.2 Å². The van der Waals surface area contributed by atoms with Crippen LogP contribution in [-0.2, 0) is 4.79 Å². The van der Waals surface area contributed by atoms with Crippen LogP contribution in [0.1, 0.15) is 6.92 Å². The Balaban J connectivity index is 2.11. The number of alkyl halides is 3. The number of carbonyl (C=O) groups is 1. The van der Waals surface area contributed by atoms with Crippen LogP contribution in [0.5, 0.6) is 0 Å². The summed E-state index contributed by atoms with van der Waals surface area (Å²) in [5, 5.41) is 1.78. The van der Waals surface area contributed by atoms with Crippen LogP contribution in [0.2, 0.25) is 10.0 Å². The zero-order valence-corrected chi connectivity index (χ0v) is 17.1. The zero-order chi connectivity index (χ0) is 21.4. The first-order valence-corrected chi connectivity index (χ1v) is 9.49. The number of hydrogen-bond acceptors (Lipinski definition) is 3. The quantitative estimate of drug-likeness (QED) is 0.698. The average molecular weight is 444 g/mol. The third-order valence-corrected chi connectivity index (χ3v) is 5.41. The van der Waals surface area contributed by atoms with Gasteiger partial charge in [-0.15, -0.1) is 0 Å². The molecule has 0 aliphatic carbocycles. The molecule has 1 amide bonds. The van der Waals surface area contributed by atoms with Gasteiger partial charge in [-0.05, 0) is 36.8 Å². The fraction of sp³-hybridized carbons (Fsp3) is 0.250. The van der Waals surface area contributed by atoms with Crippen molar-refractivity contribution in [2.75, 3.05) is 18.5 Å². The summed E-state index contributed by atoms with van der Waals surface area (Å²) in [4.78, 5) is 14.3. The van der Waals surface area contributed by atoms with Gasteiger partial charge < -0.3 is 9.91 Å². The van der Waals surface area contributed by atoms with E-state index in [1.807, 2.05) is 0 Å². The molecule has 0 radical (unpaired) electrons. The Morgan fingerprint density at radius 3 is 2.41 bits per heavy atom. The van der Waals surface area contributed by atoms with E-state index in [9.17, 15) is 18.0 Å². The number of benzene rings is 2. The van der Waals surface area contributed by atoms with Crippen molar-refractivity contribution in [2.24, 2.45) is 0 Å². The van der Waals surface area contributed by atoms with Crippen LogP contribution in [0, 0.1) is 0 Å². The van der Waals surface area contributed by atoms with Crippen molar-refractivity contribution >= 4 is 34.8 Å². The summed E-state index contributed by atoms with van der Waals surface area (Å²) in [6, 6.07) is 11.6. The lowest BCUT2D eigenvalue weighted by Gasteiger charge is -2.36. The molecule has 1 unspecified atom stereocenters. The number of rotatable bonds is 4. The van der Waals surface area contributed by atoms with Crippen LogP contribution in [0.15, 0.2) is 54.7 Å². The minimum atomic E-state index is -4.84. The normalized spacial score (nSPS) is 18.9. The maximum absolute atomic E-state index is 14.0. The minimum absolute atomic E-state index is 0.0359. The molecule has 1 N–H and O–H groups in total. The number of likely N-dealkylation sites (N-methyl/N-ethyl adjacent to an activating group) is 1. The van der Waals surface area contributed by atoms with Crippen molar-refractivity contribution in [1.82, 2.24) is 10.4 Å². The molecule has 1 aliphatic rings. The van der Waals surface area contributed by atoms with Gasteiger partial charge in [0.1, 0.15) is 0 Å². The molecular weight excluding hydrogens is 426 g/mol. The Kier molecular flexibility index (Phi) is 5.85. The van der Waals surface area contributed by atoms with Crippen molar-refractivity contribution in [3.05, 3.63) is 64.8 Å². The van der Waals surface area contributed by atoms with Crippen LogP contribution in [0.25, 0.3) is 11.1 Å². The topological polar surface area (TPSA) is 35.6 Å². The monoisotopic (exact) mass is 443 g/mol. The van der Waals surface area contributed by atoms with E-state index in [0.717, 1.165) is 16.0 Å². The number of halogens is 5. The lowest BCUT2D eigenvalue weighted by molar-refractivity contribution is -0.190. The standard InChI is InChI=1S/C20H18Cl2F3N3O/c1-3-28(18(29)19(20(23,24)25)10-11-27(2)26-19)17-7-5-4-6-14(17)13-8-9-15(21)16(22)12-13/h4-12,26H,3H2,1-2H3. The molecule has 1 heterocycles. The first-order valence-electron chi connectivity index (χ1n) is 8.74. The largest absolute Gasteiger partial charge is 0.421 e. The summed E-state index contributed by atoms with van der Waals surface area (Å²) in [5.41, 5.74) is 0.927. The fourth-order valence-corrected chi connectivity index (χ4v) is 3.53. The number of hydrogen-bond donors (Lipinski definition) is 1. The first kappa shape index (κ1) is 21.5. The fourth-order valence-electron chi connectivity index (χ4n) is 3.23. The second-order valence-corrected chi connectivity index (χ2v) is 7.35. The predicted molar refractivity (Wildman–Crippen MR) is 109 cm³/mol. The van der Waals surface area contributed by atoms with E-state index in [2.05, 4.69) is 5.43 Å². The smallest absolute Gasteiger partial charge is 0.317 e. The molecule has 9 heteroatoms. The number of nitrogens with zero attached hydrogens (tertiary/aromatic N) is 2. The van der Waals surface area contributed by atoms with Gasteiger partial charge in [0.25, 0.3) is 5.91 Å². The Hall–Kier alpha value is -2.22. The molecule has 0 saturated carbocycles. The molecule has 2 aromatic carbocycles. The van der Waals surface area contributed by atoms with Gasteiger partial charge in [-0.3, -0.25) is 4.79 Å². The van der Waals surface area contributed by atoms with Gasteiger partial charge in [0, 0.05) is 25.4 Å². The molecule has 1 aliphatic heterocycles. The Morgan fingerprint density at radius 1 is 1.17 bits per heavy atom. The lowest BCUT2D eigenvalue weighted by atomic mass is 9.96. The summed E-state index contributed by atoms with van der Waals surface area (Å²) in [7, 11) is 1.40. The van der Waals surface area contributed by atoms with Crippen LogP contribution >= 0.6 is 23.2 Å². The van der Waals surface area contributed by atoms with E-state index in [0.29, 0.717) is 26.9 Å². The number of nitrogens with one attached hydrogen (secondary N) is 1. The van der Waals surface area contributed by atoms with E-state index in [1.54, 1.807) is 49.4 Å². The Bertz CT molecular complexity index is 964. The molecule has 0 fully saturated rings. The van der Waals surface area contributed by atoms with Gasteiger partial charge in [0.05, 0.1) is 15.7 Å². The van der Waals surface area contributed by atoms with E-state index in [4.69, 9.17) is 23.2 Å². The van der Waals surface area contributed by atoms with Crippen molar-refractivity contribution in [3.8, 4) is 11.1 Å². The maximum Gasteiger partial charge on any atom is 0.421 e. The summed E-state index contributed by atoms with van der Waals surface area (Å²) in [6.45, 7) is 1.66. The molecule has 0 saturated heterocycles. The second-order valence-electron chi connectivity index (χ2n) is 6.54. The van der Waals surface area contributed by atoms with E-state index in [1.165, 1.54) is 13.2 Å². The highest BCUT2D eigenvalue weighted by atomic mass is 35.5. The molecule has 3 rings (SSSR count). The van der Waals surface area contributed by atoms with Crippen LogP contribution in [-0.4, -0.2) is 36.2 Å². The lowest BCUT2D eigenvalue weighted by Crippen LogP contribution is -2.65. The number of para-hydroxylation sites is 1. The molecular formula is C20H18Cl2F3N3O. The van der Waals surface area contributed by atoms with Crippen molar-refractivity contribution in [1.29, 1.82) is 0 Å². The zero-order valence-electron chi connectivity index (χ0n) is 15.6. The molecule has 154 valence electrons. The number of carbonyl (C=O) groups excluding carboxylic acids is 1. The Morgan fingerprint density at radius 2 is 1.86 bits per heavy atom. The van der Waals surface area contributed by atoms with Gasteiger partial charge in [0.2, 0.25) is 5.54 Å². The van der Waals surface area contributed by atoms with Gasteiger partial charge in [-0.1, -0.05) is 47.5 Å². The van der Waals surface area contributed by atoms with E-state index in [-0.39, 0.29) is 6.54 Å². The molecule has 2 aromatic rings. The highest BCUT2D eigenvalue weighted by Gasteiger charge is 2.62. The SMILES string of the molecule is CCN(C(=O)C1(C(F)(F)F)C=CN(C)N1)c1ccccc1-c1ccc(Cl)c(Cl)c1. The van der Waals surface area contributed by atoms with Crippen LogP contribution in [0.4, 0.5) is 18.9 Å². The summed E-state index contributed by atoms with van der Waals surface area (Å²) in [6.07, 6.45) is -2.82. The molecule has 0 aromatic heterocycles. The summed E-state index contributed by atoms with van der Waals surface area (Å²) in [5.74, 6) is -1.12. The average Bonchev–Trinajstić information content (AvgIpc) is 3.08. The number of hydrazine groups is 1. The van der Waals surface area contributed by atoms with Crippen molar-refractivity contribution in [3.63, 3.8) is 0 Å². The van der Waals surface area contributed by atoms with Crippen LogP contribution < -0.4 is 10.3 Å². The summed E-state index contributed by atoms with van der Waals surface area (Å²) < 4.78 is 41.9. The maximum atomic E-state index is 14.0. The van der Waals surface area contributed by atoms with Gasteiger partial charge in [-0.25, -0.2) is 5.43 Å². The van der Waals surface area contributed by atoms with E-state index < -0.39 is 17.6 Å². The first-order chi connectivity index (χ1) is 13.6. The number of anilines is 1. The second kappa shape index (κ2) is 7.89. The van der Waals surface area contributed by atoms with Crippen molar-refractivity contribution < 1.29 is 18.0 Å². The molecule has 1 atom stereocenters. The highest BCUT2D eigenvalue weighted by Crippen LogP contribution is 2.40.